The first-order valence-corrected chi connectivity index (χ1v) is 7.04. The molecule has 1 aromatic rings. The zero-order valence-electron chi connectivity index (χ0n) is 9.40. The van der Waals surface area contributed by atoms with Crippen LogP contribution in [0, 0.1) is 6.92 Å². The van der Waals surface area contributed by atoms with Crippen LogP contribution in [0.1, 0.15) is 18.7 Å². The molecule has 0 aromatic carbocycles. The lowest BCUT2D eigenvalue weighted by atomic mass is 10.3. The van der Waals surface area contributed by atoms with Crippen molar-refractivity contribution in [1.29, 1.82) is 0 Å². The molecule has 0 radical (unpaired) electrons. The van der Waals surface area contributed by atoms with Crippen molar-refractivity contribution in [1.82, 2.24) is 14.3 Å². The van der Waals surface area contributed by atoms with Crippen LogP contribution in [-0.2, 0) is 17.1 Å². The van der Waals surface area contributed by atoms with Crippen molar-refractivity contribution < 1.29 is 8.42 Å². The Morgan fingerprint density at radius 3 is 2.69 bits per heavy atom. The van der Waals surface area contributed by atoms with E-state index < -0.39 is 10.0 Å². The van der Waals surface area contributed by atoms with Crippen LogP contribution in [0.3, 0.4) is 0 Å². The Bertz CT molecular complexity index is 422. The molecule has 1 rings (SSSR count). The molecule has 0 fully saturated rings. The molecule has 1 aromatic heterocycles. The normalized spacial score (nSPS) is 11.9. The molecule has 0 amide bonds. The highest BCUT2D eigenvalue weighted by Crippen LogP contribution is 2.07. The van der Waals surface area contributed by atoms with E-state index in [1.807, 2.05) is 0 Å². The van der Waals surface area contributed by atoms with Crippen LogP contribution >= 0.6 is 11.6 Å². The Balaban J connectivity index is 2.64. The van der Waals surface area contributed by atoms with Gasteiger partial charge >= 0.3 is 0 Å². The maximum Gasteiger partial charge on any atom is 0.259 e. The van der Waals surface area contributed by atoms with Gasteiger partial charge in [-0.05, 0) is 19.8 Å². The summed E-state index contributed by atoms with van der Waals surface area (Å²) < 4.78 is 27.6. The molecule has 5 nitrogen and oxygen atoms in total. The van der Waals surface area contributed by atoms with Gasteiger partial charge in [0.05, 0.1) is 0 Å². The van der Waals surface area contributed by atoms with E-state index in [2.05, 4.69) is 9.71 Å². The highest BCUT2D eigenvalue weighted by atomic mass is 35.5. The first kappa shape index (κ1) is 13.5. The first-order chi connectivity index (χ1) is 7.47. The Hall–Kier alpha value is -0.590. The second kappa shape index (κ2) is 5.65. The second-order valence-corrected chi connectivity index (χ2v) is 5.62. The third-order valence-electron chi connectivity index (χ3n) is 2.21. The lowest BCUT2D eigenvalue weighted by molar-refractivity contribution is 0.575. The predicted molar refractivity (Wildman–Crippen MR) is 63.1 cm³/mol. The zero-order chi connectivity index (χ0) is 12.2. The number of nitrogens with one attached hydrogen (secondary N) is 1. The third-order valence-corrected chi connectivity index (χ3v) is 3.81. The summed E-state index contributed by atoms with van der Waals surface area (Å²) in [6, 6.07) is 0. The molecule has 0 saturated carbocycles. The first-order valence-electron chi connectivity index (χ1n) is 5.03. The Morgan fingerprint density at radius 1 is 1.50 bits per heavy atom. The molecule has 0 spiro atoms. The minimum Gasteiger partial charge on any atom is -0.337 e. The van der Waals surface area contributed by atoms with E-state index in [-0.39, 0.29) is 5.03 Å². The second-order valence-electron chi connectivity index (χ2n) is 3.53. The number of aryl methyl sites for hydroxylation is 2. The number of sulfonamides is 1. The van der Waals surface area contributed by atoms with Crippen LogP contribution in [-0.4, -0.2) is 30.4 Å². The van der Waals surface area contributed by atoms with E-state index in [0.717, 1.165) is 12.8 Å². The Morgan fingerprint density at radius 2 is 2.19 bits per heavy atom. The van der Waals surface area contributed by atoms with Gasteiger partial charge < -0.3 is 4.57 Å². The van der Waals surface area contributed by atoms with Gasteiger partial charge in [0.2, 0.25) is 0 Å². The van der Waals surface area contributed by atoms with Crippen molar-refractivity contribution in [2.24, 2.45) is 7.05 Å². The topological polar surface area (TPSA) is 64.0 Å². The van der Waals surface area contributed by atoms with Gasteiger partial charge in [0, 0.05) is 25.7 Å². The van der Waals surface area contributed by atoms with E-state index in [9.17, 15) is 8.42 Å². The van der Waals surface area contributed by atoms with Gasteiger partial charge in [-0.15, -0.1) is 11.6 Å². The maximum absolute atomic E-state index is 11.7. The molecular weight excluding hydrogens is 250 g/mol. The maximum atomic E-state index is 11.7. The van der Waals surface area contributed by atoms with Crippen LogP contribution in [0.25, 0.3) is 0 Å². The molecule has 1 heterocycles. The number of imidazole rings is 1. The van der Waals surface area contributed by atoms with Gasteiger partial charge in [0.25, 0.3) is 10.0 Å². The summed E-state index contributed by atoms with van der Waals surface area (Å²) in [5.41, 5.74) is 0. The Kier molecular flexibility index (Phi) is 4.76. The number of hydrogen-bond donors (Lipinski definition) is 1. The third kappa shape index (κ3) is 3.47. The molecule has 0 saturated heterocycles. The van der Waals surface area contributed by atoms with Crippen LogP contribution in [0.15, 0.2) is 11.2 Å². The number of rotatable bonds is 6. The van der Waals surface area contributed by atoms with Crippen molar-refractivity contribution in [3.63, 3.8) is 0 Å². The van der Waals surface area contributed by atoms with Gasteiger partial charge in [-0.25, -0.2) is 18.1 Å². The number of unbranched alkanes of at least 4 members (excludes halogenated alkanes) is 1. The van der Waals surface area contributed by atoms with Crippen LogP contribution < -0.4 is 4.72 Å². The summed E-state index contributed by atoms with van der Waals surface area (Å²) in [6.07, 6.45) is 3.03. The molecule has 0 aliphatic rings. The van der Waals surface area contributed by atoms with Crippen molar-refractivity contribution in [2.45, 2.75) is 24.8 Å². The molecule has 0 atom stereocenters. The highest BCUT2D eigenvalue weighted by molar-refractivity contribution is 7.89. The smallest absolute Gasteiger partial charge is 0.259 e. The number of nitrogens with zero attached hydrogens (tertiary/aromatic N) is 2. The molecule has 0 aliphatic carbocycles. The molecule has 16 heavy (non-hydrogen) atoms. The average Bonchev–Trinajstić information content (AvgIpc) is 2.55. The highest BCUT2D eigenvalue weighted by Gasteiger charge is 2.17. The van der Waals surface area contributed by atoms with E-state index in [4.69, 9.17) is 11.6 Å². The summed E-state index contributed by atoms with van der Waals surface area (Å²) in [4.78, 5) is 3.97. The summed E-state index contributed by atoms with van der Waals surface area (Å²) in [5.74, 6) is 1.21. The fourth-order valence-electron chi connectivity index (χ4n) is 1.16. The molecule has 92 valence electrons. The average molecular weight is 266 g/mol. The fourth-order valence-corrected chi connectivity index (χ4v) is 2.45. The van der Waals surface area contributed by atoms with Crippen LogP contribution in [0.5, 0.6) is 0 Å². The lowest BCUT2D eigenvalue weighted by Crippen LogP contribution is -2.25. The molecule has 1 N–H and O–H groups in total. The number of halogens is 1. The fraction of sp³-hybridized carbons (Fsp3) is 0.667. The van der Waals surface area contributed by atoms with E-state index >= 15 is 0 Å². The number of aromatic nitrogens is 2. The molecule has 0 unspecified atom stereocenters. The SMILES string of the molecule is Cc1nc(S(=O)(=O)NCCCCCl)cn1C. The summed E-state index contributed by atoms with van der Waals surface area (Å²) in [5, 5.41) is 0.0679. The molecular formula is C9H16ClN3O2S. The van der Waals surface area contributed by atoms with Crippen molar-refractivity contribution >= 4 is 21.6 Å². The number of hydrogen-bond acceptors (Lipinski definition) is 3. The van der Waals surface area contributed by atoms with Crippen molar-refractivity contribution in [3.8, 4) is 0 Å². The van der Waals surface area contributed by atoms with Crippen LogP contribution in [0.4, 0.5) is 0 Å². The largest absolute Gasteiger partial charge is 0.337 e. The van der Waals surface area contributed by atoms with Gasteiger partial charge in [0.1, 0.15) is 5.82 Å². The van der Waals surface area contributed by atoms with Gasteiger partial charge in [-0.2, -0.15) is 0 Å². The lowest BCUT2D eigenvalue weighted by Gasteiger charge is -2.02. The predicted octanol–water partition coefficient (Wildman–Crippen LogP) is 1.03. The van der Waals surface area contributed by atoms with E-state index in [1.54, 1.807) is 18.5 Å². The summed E-state index contributed by atoms with van der Waals surface area (Å²) in [6.45, 7) is 2.15. The van der Waals surface area contributed by atoms with E-state index in [0.29, 0.717) is 18.2 Å². The molecule has 7 heteroatoms. The van der Waals surface area contributed by atoms with Crippen molar-refractivity contribution in [2.75, 3.05) is 12.4 Å². The standard InChI is InChI=1S/C9H16ClN3O2S/c1-8-12-9(7-13(8)2)16(14,15)11-6-4-3-5-10/h7,11H,3-6H2,1-2H3. The van der Waals surface area contributed by atoms with Crippen LogP contribution in [0.2, 0.25) is 0 Å². The van der Waals surface area contributed by atoms with E-state index in [1.165, 1.54) is 6.20 Å². The van der Waals surface area contributed by atoms with Gasteiger partial charge in [0.15, 0.2) is 5.03 Å². The number of alkyl halides is 1. The van der Waals surface area contributed by atoms with Gasteiger partial charge in [-0.3, -0.25) is 0 Å². The molecule has 0 bridgehead atoms. The van der Waals surface area contributed by atoms with Gasteiger partial charge in [-0.1, -0.05) is 0 Å². The molecule has 0 aliphatic heterocycles. The van der Waals surface area contributed by atoms with Crippen molar-refractivity contribution in [3.05, 3.63) is 12.0 Å². The minimum atomic E-state index is -3.47. The monoisotopic (exact) mass is 265 g/mol. The summed E-state index contributed by atoms with van der Waals surface area (Å²) >= 11 is 5.50. The minimum absolute atomic E-state index is 0.0679. The Labute approximate surface area is 101 Å². The quantitative estimate of drug-likeness (QED) is 0.617. The summed E-state index contributed by atoms with van der Waals surface area (Å²) in [7, 11) is -1.71. The zero-order valence-corrected chi connectivity index (χ0v) is 11.0.